The van der Waals surface area contributed by atoms with Gasteiger partial charge < -0.3 is 4.74 Å². The van der Waals surface area contributed by atoms with E-state index in [4.69, 9.17) is 21.6 Å². The first-order valence-corrected chi connectivity index (χ1v) is 4.51. The van der Waals surface area contributed by atoms with Gasteiger partial charge in [0.25, 0.3) is 0 Å². The summed E-state index contributed by atoms with van der Waals surface area (Å²) >= 11 is 5.93. The Balaban J connectivity index is 2.53. The first kappa shape index (κ1) is 8.40. The molecule has 0 N–H and O–H groups in total. The van der Waals surface area contributed by atoms with E-state index in [2.05, 4.69) is 6.07 Å². The second kappa shape index (κ2) is 3.27. The summed E-state index contributed by atoms with van der Waals surface area (Å²) < 4.78 is 5.40. The number of ether oxygens (including phenoxy) is 1. The maximum absolute atomic E-state index is 8.88. The van der Waals surface area contributed by atoms with E-state index in [1.54, 1.807) is 6.07 Å². The van der Waals surface area contributed by atoms with Crippen molar-refractivity contribution < 1.29 is 4.74 Å². The SMILES string of the molecule is N#CC1CCOc2c(Cl)cccc21. The Morgan fingerprint density at radius 3 is 3.15 bits per heavy atom. The summed E-state index contributed by atoms with van der Waals surface area (Å²) in [5, 5.41) is 9.47. The molecule has 0 aliphatic carbocycles. The molecule has 3 heteroatoms. The Morgan fingerprint density at radius 1 is 1.54 bits per heavy atom. The first-order chi connectivity index (χ1) is 6.33. The number of para-hydroxylation sites is 1. The highest BCUT2D eigenvalue weighted by Gasteiger charge is 2.22. The van der Waals surface area contributed by atoms with Gasteiger partial charge >= 0.3 is 0 Å². The van der Waals surface area contributed by atoms with Crippen molar-refractivity contribution in [3.05, 3.63) is 28.8 Å². The minimum Gasteiger partial charge on any atom is -0.492 e. The molecular formula is C10H8ClNO. The minimum absolute atomic E-state index is 0.0672. The van der Waals surface area contributed by atoms with Crippen molar-refractivity contribution in [2.75, 3.05) is 6.61 Å². The molecule has 0 bridgehead atoms. The molecule has 1 aliphatic heterocycles. The summed E-state index contributed by atoms with van der Waals surface area (Å²) in [6, 6.07) is 7.77. The molecule has 0 radical (unpaired) electrons. The van der Waals surface area contributed by atoms with Gasteiger partial charge in [-0.25, -0.2) is 0 Å². The lowest BCUT2D eigenvalue weighted by molar-refractivity contribution is 0.280. The average Bonchev–Trinajstić information content (AvgIpc) is 2.18. The number of nitriles is 1. The van der Waals surface area contributed by atoms with Crippen molar-refractivity contribution in [2.45, 2.75) is 12.3 Å². The van der Waals surface area contributed by atoms with Crippen LogP contribution in [-0.4, -0.2) is 6.61 Å². The van der Waals surface area contributed by atoms with E-state index < -0.39 is 0 Å². The van der Waals surface area contributed by atoms with Crippen molar-refractivity contribution in [1.82, 2.24) is 0 Å². The maximum atomic E-state index is 8.88. The molecule has 0 aromatic heterocycles. The van der Waals surface area contributed by atoms with Crippen molar-refractivity contribution in [2.24, 2.45) is 0 Å². The van der Waals surface area contributed by atoms with Crippen LogP contribution in [0, 0.1) is 11.3 Å². The van der Waals surface area contributed by atoms with Crippen molar-refractivity contribution in [3.8, 4) is 11.8 Å². The topological polar surface area (TPSA) is 33.0 Å². The highest BCUT2D eigenvalue weighted by atomic mass is 35.5. The number of fused-ring (bicyclic) bond motifs is 1. The molecule has 1 aromatic carbocycles. The Labute approximate surface area is 81.7 Å². The normalized spacial score (nSPS) is 19.8. The highest BCUT2D eigenvalue weighted by molar-refractivity contribution is 6.32. The molecule has 1 aromatic rings. The maximum Gasteiger partial charge on any atom is 0.142 e. The number of nitrogens with zero attached hydrogens (tertiary/aromatic N) is 1. The van der Waals surface area contributed by atoms with Crippen LogP contribution < -0.4 is 4.74 Å². The number of rotatable bonds is 0. The summed E-state index contributed by atoms with van der Waals surface area (Å²) in [6.45, 7) is 0.578. The number of hydrogen-bond donors (Lipinski definition) is 0. The van der Waals surface area contributed by atoms with Gasteiger partial charge in [-0.3, -0.25) is 0 Å². The molecule has 0 spiro atoms. The number of halogens is 1. The molecule has 2 nitrogen and oxygen atoms in total. The molecule has 0 saturated carbocycles. The standard InChI is InChI=1S/C10H8ClNO/c11-9-3-1-2-8-7(6-12)4-5-13-10(8)9/h1-3,7H,4-5H2. The first-order valence-electron chi connectivity index (χ1n) is 4.14. The second-order valence-electron chi connectivity index (χ2n) is 2.98. The fraction of sp³-hybridized carbons (Fsp3) is 0.300. The van der Waals surface area contributed by atoms with E-state index in [1.165, 1.54) is 0 Å². The summed E-state index contributed by atoms with van der Waals surface area (Å²) in [6.07, 6.45) is 0.754. The van der Waals surface area contributed by atoms with E-state index in [0.717, 1.165) is 12.0 Å². The van der Waals surface area contributed by atoms with Gasteiger partial charge in [0.05, 0.1) is 23.6 Å². The molecule has 1 unspecified atom stereocenters. The van der Waals surface area contributed by atoms with E-state index in [9.17, 15) is 0 Å². The zero-order valence-corrected chi connectivity index (χ0v) is 7.71. The zero-order chi connectivity index (χ0) is 9.26. The van der Waals surface area contributed by atoms with Crippen LogP contribution in [0.2, 0.25) is 5.02 Å². The summed E-state index contributed by atoms with van der Waals surface area (Å²) in [5.41, 5.74) is 0.918. The lowest BCUT2D eigenvalue weighted by Gasteiger charge is -2.21. The van der Waals surface area contributed by atoms with E-state index in [1.807, 2.05) is 12.1 Å². The van der Waals surface area contributed by atoms with Crippen molar-refractivity contribution in [3.63, 3.8) is 0 Å². The molecule has 1 atom stereocenters. The van der Waals surface area contributed by atoms with Gasteiger partial charge in [-0.15, -0.1) is 0 Å². The number of hydrogen-bond acceptors (Lipinski definition) is 2. The fourth-order valence-electron chi connectivity index (χ4n) is 1.52. The van der Waals surface area contributed by atoms with Gasteiger partial charge in [0.15, 0.2) is 0 Å². The Kier molecular flexibility index (Phi) is 2.12. The lowest BCUT2D eigenvalue weighted by Crippen LogP contribution is -2.13. The molecule has 1 heterocycles. The molecule has 0 fully saturated rings. The molecule has 13 heavy (non-hydrogen) atoms. The van der Waals surface area contributed by atoms with Crippen LogP contribution in [0.25, 0.3) is 0 Å². The van der Waals surface area contributed by atoms with Crippen LogP contribution in [0.15, 0.2) is 18.2 Å². The molecule has 2 rings (SSSR count). The smallest absolute Gasteiger partial charge is 0.142 e. The third-order valence-electron chi connectivity index (χ3n) is 2.18. The zero-order valence-electron chi connectivity index (χ0n) is 6.96. The molecule has 1 aliphatic rings. The van der Waals surface area contributed by atoms with E-state index in [-0.39, 0.29) is 5.92 Å². The molecular weight excluding hydrogens is 186 g/mol. The third kappa shape index (κ3) is 1.36. The number of benzene rings is 1. The van der Waals surface area contributed by atoms with Gasteiger partial charge in [0.2, 0.25) is 0 Å². The van der Waals surface area contributed by atoms with E-state index in [0.29, 0.717) is 17.4 Å². The Bertz CT molecular complexity index is 370. The average molecular weight is 194 g/mol. The van der Waals surface area contributed by atoms with Crippen molar-refractivity contribution in [1.29, 1.82) is 5.26 Å². The van der Waals surface area contributed by atoms with Gasteiger partial charge in [0.1, 0.15) is 5.75 Å². The molecule has 0 amide bonds. The Hall–Kier alpha value is -1.20. The Morgan fingerprint density at radius 2 is 2.38 bits per heavy atom. The van der Waals surface area contributed by atoms with Crippen molar-refractivity contribution >= 4 is 11.6 Å². The van der Waals surface area contributed by atoms with Gasteiger partial charge in [-0.05, 0) is 6.07 Å². The van der Waals surface area contributed by atoms with Gasteiger partial charge in [0, 0.05) is 12.0 Å². The summed E-state index contributed by atoms with van der Waals surface area (Å²) in [7, 11) is 0. The lowest BCUT2D eigenvalue weighted by atomic mass is 9.95. The largest absolute Gasteiger partial charge is 0.492 e. The monoisotopic (exact) mass is 193 g/mol. The second-order valence-corrected chi connectivity index (χ2v) is 3.38. The fourth-order valence-corrected chi connectivity index (χ4v) is 1.76. The van der Waals surface area contributed by atoms with Crippen LogP contribution in [-0.2, 0) is 0 Å². The van der Waals surface area contributed by atoms with Gasteiger partial charge in [-0.1, -0.05) is 23.7 Å². The van der Waals surface area contributed by atoms with Crippen LogP contribution in [0.1, 0.15) is 17.9 Å². The molecule has 0 saturated heterocycles. The van der Waals surface area contributed by atoms with E-state index >= 15 is 0 Å². The van der Waals surface area contributed by atoms with Crippen LogP contribution in [0.3, 0.4) is 0 Å². The van der Waals surface area contributed by atoms with Gasteiger partial charge in [-0.2, -0.15) is 5.26 Å². The van der Waals surface area contributed by atoms with Crippen LogP contribution in [0.4, 0.5) is 0 Å². The van der Waals surface area contributed by atoms with Crippen LogP contribution >= 0.6 is 11.6 Å². The minimum atomic E-state index is -0.0672. The molecule has 66 valence electrons. The quantitative estimate of drug-likeness (QED) is 0.635. The van der Waals surface area contributed by atoms with Crippen LogP contribution in [0.5, 0.6) is 5.75 Å². The highest BCUT2D eigenvalue weighted by Crippen LogP contribution is 2.38. The third-order valence-corrected chi connectivity index (χ3v) is 2.48. The summed E-state index contributed by atoms with van der Waals surface area (Å²) in [5.74, 6) is 0.615. The summed E-state index contributed by atoms with van der Waals surface area (Å²) in [4.78, 5) is 0. The predicted octanol–water partition coefficient (Wildman–Crippen LogP) is 2.73. The predicted molar refractivity (Wildman–Crippen MR) is 49.9 cm³/mol.